The minimum atomic E-state index is -3.76. The van der Waals surface area contributed by atoms with Crippen molar-refractivity contribution >= 4 is 60.7 Å². The zero-order valence-electron chi connectivity index (χ0n) is 24.3. The molecule has 0 bridgehead atoms. The van der Waals surface area contributed by atoms with Gasteiger partial charge in [-0.05, 0) is 79.3 Å². The molecule has 0 atom stereocenters. The van der Waals surface area contributed by atoms with Crippen LogP contribution in [0.15, 0.2) is 71.6 Å². The van der Waals surface area contributed by atoms with Gasteiger partial charge in [0.15, 0.2) is 5.13 Å². The summed E-state index contributed by atoms with van der Waals surface area (Å²) >= 11 is 1.52. The molecule has 4 aromatic rings. The molecule has 2 aliphatic rings. The van der Waals surface area contributed by atoms with Gasteiger partial charge < -0.3 is 4.74 Å². The quantitative estimate of drug-likeness (QED) is 0.230. The number of thiazole rings is 1. The molecule has 0 unspecified atom stereocenters. The molecule has 2 aliphatic heterocycles. The molecule has 1 aromatic heterocycles. The molecule has 8 nitrogen and oxygen atoms in total. The van der Waals surface area contributed by atoms with Gasteiger partial charge in [0.1, 0.15) is 0 Å². The SMILES string of the molecule is CCc1ccc2nc(N(CCCN3CCOCC3)C(=O)c3ccc(S(=O)(=O)N4CCCc5ccccc54)cc3)sc2c1.Cl. The molecule has 1 saturated heterocycles. The van der Waals surface area contributed by atoms with E-state index in [1.807, 2.05) is 30.3 Å². The Labute approximate surface area is 263 Å². The second-order valence-electron chi connectivity index (χ2n) is 10.8. The van der Waals surface area contributed by atoms with Gasteiger partial charge in [-0.25, -0.2) is 13.4 Å². The Morgan fingerprint density at radius 3 is 2.56 bits per heavy atom. The van der Waals surface area contributed by atoms with Crippen molar-refractivity contribution in [1.29, 1.82) is 0 Å². The number of anilines is 2. The summed E-state index contributed by atoms with van der Waals surface area (Å²) in [5.41, 5.74) is 4.32. The standard InChI is InChI=1S/C32H36N4O4S2.ClH/c1-2-24-10-15-28-30(23-24)41-32(33-28)35(17-6-16-34-19-21-40-22-20-34)31(37)26-11-13-27(14-12-26)42(38,39)36-18-5-8-25-7-3-4-9-29(25)36;/h3-4,7,9-15,23H,2,5-6,8,16-22H2,1H3;1H. The highest BCUT2D eigenvalue weighted by Gasteiger charge is 2.29. The third kappa shape index (κ3) is 6.73. The number of halogens is 1. The molecule has 43 heavy (non-hydrogen) atoms. The van der Waals surface area contributed by atoms with Crippen LogP contribution in [-0.2, 0) is 27.6 Å². The molecule has 6 rings (SSSR count). The summed E-state index contributed by atoms with van der Waals surface area (Å²) in [6.07, 6.45) is 3.36. The number of rotatable bonds is 9. The summed E-state index contributed by atoms with van der Waals surface area (Å²) in [7, 11) is -3.76. The Balaban J connectivity index is 0.00000368. The molecule has 0 radical (unpaired) electrons. The highest BCUT2D eigenvalue weighted by molar-refractivity contribution is 7.92. The lowest BCUT2D eigenvalue weighted by Gasteiger charge is -2.30. The first kappa shape index (κ1) is 31.4. The summed E-state index contributed by atoms with van der Waals surface area (Å²) in [4.78, 5) is 23.1. The number of aromatic nitrogens is 1. The number of sulfonamides is 1. The molecule has 0 N–H and O–H groups in total. The number of para-hydroxylation sites is 1. The topological polar surface area (TPSA) is 83.0 Å². The molecule has 11 heteroatoms. The van der Waals surface area contributed by atoms with E-state index >= 15 is 0 Å². The van der Waals surface area contributed by atoms with Crippen LogP contribution in [0.3, 0.4) is 0 Å². The number of ether oxygens (including phenoxy) is 1. The number of hydrogen-bond acceptors (Lipinski definition) is 7. The van der Waals surface area contributed by atoms with Gasteiger partial charge in [-0.15, -0.1) is 12.4 Å². The van der Waals surface area contributed by atoms with E-state index in [1.54, 1.807) is 29.2 Å². The first-order valence-electron chi connectivity index (χ1n) is 14.7. The lowest BCUT2D eigenvalue weighted by atomic mass is 10.0. The van der Waals surface area contributed by atoms with Crippen LogP contribution < -0.4 is 9.21 Å². The van der Waals surface area contributed by atoms with Crippen LogP contribution in [0.4, 0.5) is 10.8 Å². The van der Waals surface area contributed by atoms with Crippen LogP contribution in [0.2, 0.25) is 0 Å². The number of benzene rings is 3. The summed E-state index contributed by atoms with van der Waals surface area (Å²) < 4.78 is 35.3. The van der Waals surface area contributed by atoms with Crippen LogP contribution in [0, 0.1) is 0 Å². The van der Waals surface area contributed by atoms with Crippen LogP contribution in [-0.4, -0.2) is 70.1 Å². The fraction of sp³-hybridized carbons (Fsp3) is 0.375. The molecule has 0 saturated carbocycles. The van der Waals surface area contributed by atoms with Gasteiger partial charge in [-0.2, -0.15) is 0 Å². The van der Waals surface area contributed by atoms with Crippen LogP contribution >= 0.6 is 23.7 Å². The number of morpholine rings is 1. The second kappa shape index (κ2) is 13.7. The van der Waals surface area contributed by atoms with Crippen molar-refractivity contribution in [2.24, 2.45) is 0 Å². The average Bonchev–Trinajstić information content (AvgIpc) is 3.46. The Kier molecular flexibility index (Phi) is 10.0. The predicted octanol–water partition coefficient (Wildman–Crippen LogP) is 5.79. The largest absolute Gasteiger partial charge is 0.379 e. The van der Waals surface area contributed by atoms with E-state index in [-0.39, 0.29) is 23.2 Å². The van der Waals surface area contributed by atoms with Crippen LogP contribution in [0.1, 0.15) is 41.3 Å². The van der Waals surface area contributed by atoms with E-state index in [1.165, 1.54) is 21.2 Å². The van der Waals surface area contributed by atoms with Gasteiger partial charge in [-0.1, -0.05) is 42.5 Å². The van der Waals surface area contributed by atoms with Crippen molar-refractivity contribution in [2.75, 3.05) is 55.1 Å². The highest BCUT2D eigenvalue weighted by Crippen LogP contribution is 2.33. The molecule has 1 amide bonds. The Morgan fingerprint density at radius 2 is 1.79 bits per heavy atom. The Morgan fingerprint density at radius 1 is 1.02 bits per heavy atom. The monoisotopic (exact) mass is 640 g/mol. The second-order valence-corrected chi connectivity index (χ2v) is 13.6. The zero-order chi connectivity index (χ0) is 29.1. The van der Waals surface area contributed by atoms with Crippen molar-refractivity contribution in [3.05, 3.63) is 83.4 Å². The van der Waals surface area contributed by atoms with Crippen molar-refractivity contribution < 1.29 is 17.9 Å². The molecule has 228 valence electrons. The maximum absolute atomic E-state index is 14.0. The Hall–Kier alpha value is -3.02. The first-order valence-corrected chi connectivity index (χ1v) is 16.9. The number of carbonyl (C=O) groups is 1. The number of hydrogen-bond donors (Lipinski definition) is 0. The van der Waals surface area contributed by atoms with E-state index in [9.17, 15) is 13.2 Å². The summed E-state index contributed by atoms with van der Waals surface area (Å²) in [5.74, 6) is -0.181. The number of aryl methyl sites for hydroxylation is 2. The van der Waals surface area contributed by atoms with Crippen molar-refractivity contribution in [1.82, 2.24) is 9.88 Å². The Bertz CT molecular complexity index is 1670. The van der Waals surface area contributed by atoms with Gasteiger partial charge in [0.2, 0.25) is 0 Å². The molecule has 3 heterocycles. The van der Waals surface area contributed by atoms with Gasteiger partial charge >= 0.3 is 0 Å². The fourth-order valence-electron chi connectivity index (χ4n) is 5.65. The average molecular weight is 641 g/mol. The maximum atomic E-state index is 14.0. The number of amides is 1. The lowest BCUT2D eigenvalue weighted by Crippen LogP contribution is -2.39. The lowest BCUT2D eigenvalue weighted by molar-refractivity contribution is 0.0376. The molecular weight excluding hydrogens is 604 g/mol. The van der Waals surface area contributed by atoms with Gasteiger partial charge in [-0.3, -0.25) is 18.9 Å². The molecular formula is C32H37ClN4O4S2. The van der Waals surface area contributed by atoms with E-state index in [4.69, 9.17) is 9.72 Å². The van der Waals surface area contributed by atoms with Gasteiger partial charge in [0.05, 0.1) is 34.0 Å². The number of fused-ring (bicyclic) bond motifs is 2. The normalized spacial score (nSPS) is 15.6. The molecule has 3 aromatic carbocycles. The molecule has 0 spiro atoms. The van der Waals surface area contributed by atoms with E-state index < -0.39 is 10.0 Å². The van der Waals surface area contributed by atoms with Crippen molar-refractivity contribution in [3.8, 4) is 0 Å². The zero-order valence-corrected chi connectivity index (χ0v) is 26.7. The van der Waals surface area contributed by atoms with Crippen LogP contribution in [0.25, 0.3) is 10.2 Å². The van der Waals surface area contributed by atoms with E-state index in [0.717, 1.165) is 80.0 Å². The maximum Gasteiger partial charge on any atom is 0.264 e. The van der Waals surface area contributed by atoms with E-state index in [0.29, 0.717) is 23.8 Å². The fourth-order valence-corrected chi connectivity index (χ4v) is 8.25. The minimum Gasteiger partial charge on any atom is -0.379 e. The predicted molar refractivity (Wildman–Crippen MR) is 176 cm³/mol. The van der Waals surface area contributed by atoms with Crippen LogP contribution in [0.5, 0.6) is 0 Å². The summed E-state index contributed by atoms with van der Waals surface area (Å²) in [6.45, 7) is 7.20. The summed E-state index contributed by atoms with van der Waals surface area (Å²) in [6, 6.07) is 20.3. The summed E-state index contributed by atoms with van der Waals surface area (Å²) in [5, 5.41) is 0.659. The van der Waals surface area contributed by atoms with Gasteiger partial charge in [0.25, 0.3) is 15.9 Å². The molecule has 1 fully saturated rings. The van der Waals surface area contributed by atoms with Gasteiger partial charge in [0, 0.05) is 38.3 Å². The molecule has 0 aliphatic carbocycles. The highest BCUT2D eigenvalue weighted by atomic mass is 35.5. The first-order chi connectivity index (χ1) is 20.4. The number of carbonyl (C=O) groups excluding carboxylic acids is 1. The smallest absolute Gasteiger partial charge is 0.264 e. The minimum absolute atomic E-state index is 0. The van der Waals surface area contributed by atoms with Crippen molar-refractivity contribution in [3.63, 3.8) is 0 Å². The van der Waals surface area contributed by atoms with E-state index in [2.05, 4.69) is 24.0 Å². The number of nitrogens with zero attached hydrogens (tertiary/aromatic N) is 4. The third-order valence-electron chi connectivity index (χ3n) is 8.04. The third-order valence-corrected chi connectivity index (χ3v) is 10.9. The van der Waals surface area contributed by atoms with Crippen molar-refractivity contribution in [2.45, 2.75) is 37.5 Å².